The summed E-state index contributed by atoms with van der Waals surface area (Å²) in [5, 5.41) is 2.94. The molecular weight excluding hydrogens is 268 g/mol. The van der Waals surface area contributed by atoms with E-state index in [1.807, 2.05) is 0 Å². The topological polar surface area (TPSA) is 73.6 Å². The molecule has 5 heteroatoms. The zero-order valence-electron chi connectivity index (χ0n) is 12.8. The van der Waals surface area contributed by atoms with Crippen molar-refractivity contribution in [3.8, 4) is 11.5 Å². The monoisotopic (exact) mass is 292 g/mol. The molecule has 5 nitrogen and oxygen atoms in total. The lowest BCUT2D eigenvalue weighted by Crippen LogP contribution is -2.26. The molecular formula is C16H24N2O3. The molecule has 3 N–H and O–H groups in total. The van der Waals surface area contributed by atoms with Crippen molar-refractivity contribution in [2.45, 2.75) is 32.1 Å². The summed E-state index contributed by atoms with van der Waals surface area (Å²) in [6.07, 6.45) is 6.24. The first-order valence-corrected chi connectivity index (χ1v) is 7.45. The zero-order valence-corrected chi connectivity index (χ0v) is 12.8. The van der Waals surface area contributed by atoms with Crippen LogP contribution in [0.4, 0.5) is 5.69 Å². The molecule has 0 saturated heterocycles. The first-order chi connectivity index (χ1) is 10.2. The molecule has 0 atom stereocenters. The highest BCUT2D eigenvalue weighted by Gasteiger charge is 2.18. The molecule has 1 aromatic rings. The van der Waals surface area contributed by atoms with Gasteiger partial charge in [-0.1, -0.05) is 25.7 Å². The molecule has 1 amide bonds. The van der Waals surface area contributed by atoms with Gasteiger partial charge in [-0.15, -0.1) is 0 Å². The molecule has 0 radical (unpaired) electrons. The van der Waals surface area contributed by atoms with Gasteiger partial charge in [-0.3, -0.25) is 4.79 Å². The number of nitrogens with one attached hydrogen (secondary N) is 1. The van der Waals surface area contributed by atoms with E-state index in [0.29, 0.717) is 29.3 Å². The predicted octanol–water partition coefficient (Wildman–Crippen LogP) is 2.60. The van der Waals surface area contributed by atoms with Gasteiger partial charge in [-0.2, -0.15) is 0 Å². The van der Waals surface area contributed by atoms with Crippen LogP contribution in [0.25, 0.3) is 0 Å². The van der Waals surface area contributed by atoms with Crippen LogP contribution in [0.1, 0.15) is 42.5 Å². The van der Waals surface area contributed by atoms with Gasteiger partial charge in [0.2, 0.25) is 0 Å². The van der Waals surface area contributed by atoms with Crippen molar-refractivity contribution in [2.75, 3.05) is 26.5 Å². The van der Waals surface area contributed by atoms with Crippen LogP contribution in [-0.4, -0.2) is 26.7 Å². The minimum atomic E-state index is -0.178. The fourth-order valence-corrected chi connectivity index (χ4v) is 2.86. The largest absolute Gasteiger partial charge is 0.497 e. The van der Waals surface area contributed by atoms with E-state index in [2.05, 4.69) is 5.32 Å². The Kier molecular flexibility index (Phi) is 5.31. The summed E-state index contributed by atoms with van der Waals surface area (Å²) < 4.78 is 10.4. The Hall–Kier alpha value is -1.91. The first kappa shape index (κ1) is 15.5. The van der Waals surface area contributed by atoms with E-state index >= 15 is 0 Å². The number of ether oxygens (including phenoxy) is 2. The summed E-state index contributed by atoms with van der Waals surface area (Å²) in [5.74, 6) is 1.59. The Morgan fingerprint density at radius 1 is 1.29 bits per heavy atom. The van der Waals surface area contributed by atoms with E-state index in [0.717, 1.165) is 12.3 Å². The minimum Gasteiger partial charge on any atom is -0.497 e. The van der Waals surface area contributed by atoms with Crippen LogP contribution in [0, 0.1) is 5.92 Å². The van der Waals surface area contributed by atoms with E-state index in [9.17, 15) is 4.79 Å². The lowest BCUT2D eigenvalue weighted by molar-refractivity contribution is 0.0951. The SMILES string of the molecule is COc1cc(OC)c(N)c(C(=O)NCCC2CCCC2)c1. The van der Waals surface area contributed by atoms with E-state index in [-0.39, 0.29) is 5.91 Å². The number of benzene rings is 1. The number of nitrogens with two attached hydrogens (primary N) is 1. The van der Waals surface area contributed by atoms with Crippen molar-refractivity contribution in [1.29, 1.82) is 0 Å². The van der Waals surface area contributed by atoms with Gasteiger partial charge in [-0.05, 0) is 18.4 Å². The third-order valence-electron chi connectivity index (χ3n) is 4.13. The average molecular weight is 292 g/mol. The Balaban J connectivity index is 2.00. The van der Waals surface area contributed by atoms with Crippen LogP contribution in [0.2, 0.25) is 0 Å². The quantitative estimate of drug-likeness (QED) is 0.790. The zero-order chi connectivity index (χ0) is 15.2. The van der Waals surface area contributed by atoms with Crippen molar-refractivity contribution in [3.63, 3.8) is 0 Å². The third kappa shape index (κ3) is 3.80. The van der Waals surface area contributed by atoms with Crippen molar-refractivity contribution in [1.82, 2.24) is 5.32 Å². The van der Waals surface area contributed by atoms with E-state index in [1.54, 1.807) is 19.2 Å². The maximum absolute atomic E-state index is 12.3. The molecule has 0 aliphatic heterocycles. The van der Waals surface area contributed by atoms with E-state index in [4.69, 9.17) is 15.2 Å². The molecule has 0 aromatic heterocycles. The average Bonchev–Trinajstić information content (AvgIpc) is 3.00. The lowest BCUT2D eigenvalue weighted by atomic mass is 10.0. The van der Waals surface area contributed by atoms with Crippen LogP contribution in [0.3, 0.4) is 0 Å². The number of rotatable bonds is 6. The van der Waals surface area contributed by atoms with Gasteiger partial charge in [0.25, 0.3) is 5.91 Å². The molecule has 1 aliphatic carbocycles. The molecule has 0 bridgehead atoms. The summed E-state index contributed by atoms with van der Waals surface area (Å²) in [6.45, 7) is 0.683. The normalized spacial score (nSPS) is 15.0. The molecule has 1 aromatic carbocycles. The minimum absolute atomic E-state index is 0.178. The van der Waals surface area contributed by atoms with Gasteiger partial charge in [0.05, 0.1) is 25.5 Å². The molecule has 0 heterocycles. The second-order valence-corrected chi connectivity index (χ2v) is 5.49. The highest BCUT2D eigenvalue weighted by molar-refractivity contribution is 6.00. The third-order valence-corrected chi connectivity index (χ3v) is 4.13. The van der Waals surface area contributed by atoms with E-state index in [1.165, 1.54) is 32.8 Å². The van der Waals surface area contributed by atoms with Crippen molar-refractivity contribution in [2.24, 2.45) is 5.92 Å². The molecule has 1 fully saturated rings. The molecule has 1 aliphatic rings. The Morgan fingerprint density at radius 3 is 2.62 bits per heavy atom. The van der Waals surface area contributed by atoms with Crippen molar-refractivity contribution in [3.05, 3.63) is 17.7 Å². The van der Waals surface area contributed by atoms with Gasteiger partial charge in [0.1, 0.15) is 11.5 Å². The summed E-state index contributed by atoms with van der Waals surface area (Å²) in [4.78, 5) is 12.3. The second kappa shape index (κ2) is 7.20. The van der Waals surface area contributed by atoms with Gasteiger partial charge >= 0.3 is 0 Å². The molecule has 1 saturated carbocycles. The second-order valence-electron chi connectivity index (χ2n) is 5.49. The van der Waals surface area contributed by atoms with Gasteiger partial charge in [0.15, 0.2) is 0 Å². The van der Waals surface area contributed by atoms with Gasteiger partial charge in [-0.25, -0.2) is 0 Å². The number of carbonyl (C=O) groups excluding carboxylic acids is 1. The fraction of sp³-hybridized carbons (Fsp3) is 0.562. The van der Waals surface area contributed by atoms with Crippen LogP contribution in [-0.2, 0) is 0 Å². The lowest BCUT2D eigenvalue weighted by Gasteiger charge is -2.14. The molecule has 0 spiro atoms. The van der Waals surface area contributed by atoms with Crippen LogP contribution >= 0.6 is 0 Å². The number of hydrogen-bond donors (Lipinski definition) is 2. The van der Waals surface area contributed by atoms with Crippen LogP contribution in [0.15, 0.2) is 12.1 Å². The number of carbonyl (C=O) groups is 1. The van der Waals surface area contributed by atoms with Crippen LogP contribution in [0.5, 0.6) is 11.5 Å². The van der Waals surface area contributed by atoms with E-state index < -0.39 is 0 Å². The Bertz CT molecular complexity index is 497. The number of hydrogen-bond acceptors (Lipinski definition) is 4. The summed E-state index contributed by atoms with van der Waals surface area (Å²) in [5.41, 5.74) is 6.72. The molecule has 21 heavy (non-hydrogen) atoms. The summed E-state index contributed by atoms with van der Waals surface area (Å²) in [7, 11) is 3.07. The van der Waals surface area contributed by atoms with Crippen LogP contribution < -0.4 is 20.5 Å². The van der Waals surface area contributed by atoms with Crippen molar-refractivity contribution >= 4 is 11.6 Å². The number of nitrogen functional groups attached to an aromatic ring is 1. The predicted molar refractivity (Wildman–Crippen MR) is 82.9 cm³/mol. The van der Waals surface area contributed by atoms with Gasteiger partial charge < -0.3 is 20.5 Å². The number of anilines is 1. The summed E-state index contributed by atoms with van der Waals surface area (Å²) >= 11 is 0. The maximum Gasteiger partial charge on any atom is 0.253 e. The Labute approximate surface area is 125 Å². The Morgan fingerprint density at radius 2 is 2.00 bits per heavy atom. The smallest absolute Gasteiger partial charge is 0.253 e. The standard InChI is InChI=1S/C16H24N2O3/c1-20-12-9-13(15(17)14(10-12)21-2)16(19)18-8-7-11-5-3-4-6-11/h9-11H,3-8,17H2,1-2H3,(H,18,19). The number of methoxy groups -OCH3 is 2. The fourth-order valence-electron chi connectivity index (χ4n) is 2.86. The maximum atomic E-state index is 12.3. The number of amides is 1. The highest BCUT2D eigenvalue weighted by Crippen LogP contribution is 2.31. The summed E-state index contributed by atoms with van der Waals surface area (Å²) in [6, 6.07) is 3.31. The molecule has 0 unspecified atom stereocenters. The molecule has 2 rings (SSSR count). The highest BCUT2D eigenvalue weighted by atomic mass is 16.5. The van der Waals surface area contributed by atoms with Crippen molar-refractivity contribution < 1.29 is 14.3 Å². The van der Waals surface area contributed by atoms with Gasteiger partial charge in [0, 0.05) is 12.6 Å². The molecule has 116 valence electrons. The first-order valence-electron chi connectivity index (χ1n) is 7.45.